The van der Waals surface area contributed by atoms with Crippen molar-refractivity contribution < 1.29 is 9.90 Å². The number of urea groups is 1. The minimum atomic E-state index is -0.235. The normalized spacial score (nSPS) is 14.0. The molecule has 0 aliphatic heterocycles. The third-order valence-electron chi connectivity index (χ3n) is 3.33. The van der Waals surface area contributed by atoms with Gasteiger partial charge in [0.25, 0.3) is 0 Å². The van der Waals surface area contributed by atoms with Gasteiger partial charge in [-0.05, 0) is 30.4 Å². The molecule has 19 heavy (non-hydrogen) atoms. The molecule has 2 atom stereocenters. The molecule has 0 aliphatic rings. The Morgan fingerprint density at radius 2 is 1.84 bits per heavy atom. The highest BCUT2D eigenvalue weighted by atomic mass is 16.3. The first-order valence-electron chi connectivity index (χ1n) is 6.73. The van der Waals surface area contributed by atoms with Crippen LogP contribution < -0.4 is 10.6 Å². The van der Waals surface area contributed by atoms with Crippen LogP contribution >= 0.6 is 0 Å². The zero-order chi connectivity index (χ0) is 14.4. The molecule has 4 heteroatoms. The first-order valence-corrected chi connectivity index (χ1v) is 6.73. The van der Waals surface area contributed by atoms with Gasteiger partial charge in [0.2, 0.25) is 0 Å². The maximum atomic E-state index is 11.9. The van der Waals surface area contributed by atoms with Crippen molar-refractivity contribution in [2.45, 2.75) is 39.7 Å². The van der Waals surface area contributed by atoms with Crippen molar-refractivity contribution in [3.05, 3.63) is 29.8 Å². The number of hydrogen-bond donors (Lipinski definition) is 3. The molecule has 0 aliphatic carbocycles. The fraction of sp³-hybridized carbons (Fsp3) is 0.533. The van der Waals surface area contributed by atoms with Crippen molar-refractivity contribution in [2.24, 2.45) is 5.92 Å². The summed E-state index contributed by atoms with van der Waals surface area (Å²) in [6.07, 6.45) is 0. The Morgan fingerprint density at radius 1 is 1.21 bits per heavy atom. The average Bonchev–Trinajstić information content (AvgIpc) is 2.37. The number of carbonyl (C=O) groups is 1. The van der Waals surface area contributed by atoms with Crippen LogP contribution in [0.4, 0.5) is 10.5 Å². The molecule has 1 rings (SSSR count). The highest BCUT2D eigenvalue weighted by Crippen LogP contribution is 2.23. The minimum absolute atomic E-state index is 0.0334. The van der Waals surface area contributed by atoms with Crippen molar-refractivity contribution in [1.29, 1.82) is 0 Å². The van der Waals surface area contributed by atoms with Crippen molar-refractivity contribution in [3.8, 4) is 0 Å². The number of amides is 2. The van der Waals surface area contributed by atoms with Gasteiger partial charge in [-0.15, -0.1) is 0 Å². The van der Waals surface area contributed by atoms with E-state index in [0.29, 0.717) is 5.92 Å². The Kier molecular flexibility index (Phi) is 5.83. The van der Waals surface area contributed by atoms with E-state index < -0.39 is 0 Å². The van der Waals surface area contributed by atoms with Gasteiger partial charge in [-0.1, -0.05) is 39.0 Å². The second-order valence-electron chi connectivity index (χ2n) is 5.29. The Labute approximate surface area is 115 Å². The minimum Gasteiger partial charge on any atom is -0.396 e. The Morgan fingerprint density at radius 3 is 2.42 bits per heavy atom. The Bertz CT molecular complexity index is 418. The molecule has 2 amide bonds. The number of rotatable bonds is 5. The lowest BCUT2D eigenvalue weighted by atomic mass is 10.0. The van der Waals surface area contributed by atoms with Crippen molar-refractivity contribution in [3.63, 3.8) is 0 Å². The summed E-state index contributed by atoms with van der Waals surface area (Å²) >= 11 is 0. The van der Waals surface area contributed by atoms with Crippen LogP contribution in [0.1, 0.15) is 39.2 Å². The number of hydrogen-bond acceptors (Lipinski definition) is 2. The summed E-state index contributed by atoms with van der Waals surface area (Å²) in [6, 6.07) is 7.47. The molecule has 0 saturated carbocycles. The van der Waals surface area contributed by atoms with Crippen LogP contribution in [0.25, 0.3) is 0 Å². The van der Waals surface area contributed by atoms with Crippen molar-refractivity contribution in [1.82, 2.24) is 5.32 Å². The molecule has 2 unspecified atom stereocenters. The lowest BCUT2D eigenvalue weighted by molar-refractivity contribution is 0.204. The quantitative estimate of drug-likeness (QED) is 0.765. The summed E-state index contributed by atoms with van der Waals surface area (Å²) in [4.78, 5) is 11.9. The molecule has 0 fully saturated rings. The van der Waals surface area contributed by atoms with Crippen LogP contribution in [-0.2, 0) is 0 Å². The van der Waals surface area contributed by atoms with Gasteiger partial charge in [0.05, 0.1) is 0 Å². The van der Waals surface area contributed by atoms with Gasteiger partial charge in [-0.25, -0.2) is 4.79 Å². The van der Waals surface area contributed by atoms with E-state index in [2.05, 4.69) is 24.5 Å². The molecule has 0 radical (unpaired) electrons. The molecule has 0 spiro atoms. The van der Waals surface area contributed by atoms with Crippen molar-refractivity contribution >= 4 is 11.7 Å². The number of carbonyl (C=O) groups excluding carboxylic acids is 1. The predicted molar refractivity (Wildman–Crippen MR) is 78.4 cm³/mol. The SMILES string of the molecule is CC(C)c1ccccc1NC(=O)NC(C)C(C)CO. The molecular weight excluding hydrogens is 240 g/mol. The van der Waals surface area contributed by atoms with E-state index in [1.165, 1.54) is 0 Å². The maximum Gasteiger partial charge on any atom is 0.319 e. The van der Waals surface area contributed by atoms with Crippen LogP contribution in [0.5, 0.6) is 0 Å². The zero-order valence-corrected chi connectivity index (χ0v) is 12.1. The van der Waals surface area contributed by atoms with Crippen LogP contribution in [0, 0.1) is 5.92 Å². The second kappa shape index (κ2) is 7.14. The molecule has 0 saturated heterocycles. The summed E-state index contributed by atoms with van der Waals surface area (Å²) in [6.45, 7) is 8.02. The zero-order valence-electron chi connectivity index (χ0n) is 12.1. The molecule has 4 nitrogen and oxygen atoms in total. The topological polar surface area (TPSA) is 61.4 Å². The molecule has 1 aromatic rings. The summed E-state index contributed by atoms with van der Waals surface area (Å²) in [5, 5.41) is 14.8. The first-order chi connectivity index (χ1) is 8.95. The third kappa shape index (κ3) is 4.56. The Balaban J connectivity index is 2.67. The van der Waals surface area contributed by atoms with E-state index >= 15 is 0 Å². The summed E-state index contributed by atoms with van der Waals surface area (Å²) < 4.78 is 0. The van der Waals surface area contributed by atoms with Gasteiger partial charge in [0, 0.05) is 18.3 Å². The van der Waals surface area contributed by atoms with Crippen molar-refractivity contribution in [2.75, 3.05) is 11.9 Å². The van der Waals surface area contributed by atoms with Gasteiger partial charge in [-0.3, -0.25) is 0 Å². The van der Waals surface area contributed by atoms with E-state index in [4.69, 9.17) is 5.11 Å². The van der Waals surface area contributed by atoms with Gasteiger partial charge in [0.15, 0.2) is 0 Å². The van der Waals surface area contributed by atoms with Gasteiger partial charge in [-0.2, -0.15) is 0 Å². The second-order valence-corrected chi connectivity index (χ2v) is 5.29. The van der Waals surface area contributed by atoms with E-state index in [0.717, 1.165) is 11.3 Å². The van der Waals surface area contributed by atoms with E-state index in [1.54, 1.807) is 0 Å². The molecule has 3 N–H and O–H groups in total. The van der Waals surface area contributed by atoms with Gasteiger partial charge < -0.3 is 15.7 Å². The fourth-order valence-electron chi connectivity index (χ4n) is 1.78. The smallest absolute Gasteiger partial charge is 0.319 e. The highest BCUT2D eigenvalue weighted by Gasteiger charge is 2.15. The fourth-order valence-corrected chi connectivity index (χ4v) is 1.78. The predicted octanol–water partition coefficient (Wildman–Crippen LogP) is 2.95. The summed E-state index contributed by atoms with van der Waals surface area (Å²) in [7, 11) is 0. The number of nitrogens with one attached hydrogen (secondary N) is 2. The molecule has 0 aromatic heterocycles. The Hall–Kier alpha value is -1.55. The van der Waals surface area contributed by atoms with Gasteiger partial charge in [0.1, 0.15) is 0 Å². The molecule has 106 valence electrons. The average molecular weight is 264 g/mol. The maximum absolute atomic E-state index is 11.9. The van der Waals surface area contributed by atoms with Crippen LogP contribution in [0.3, 0.4) is 0 Å². The monoisotopic (exact) mass is 264 g/mol. The van der Waals surface area contributed by atoms with Gasteiger partial charge >= 0.3 is 6.03 Å². The summed E-state index contributed by atoms with van der Waals surface area (Å²) in [5.74, 6) is 0.386. The number of benzene rings is 1. The van der Waals surface area contributed by atoms with Crippen LogP contribution in [-0.4, -0.2) is 23.8 Å². The van der Waals surface area contributed by atoms with Crippen LogP contribution in [0.2, 0.25) is 0 Å². The van der Waals surface area contributed by atoms with Crippen LogP contribution in [0.15, 0.2) is 24.3 Å². The van der Waals surface area contributed by atoms with E-state index in [1.807, 2.05) is 38.1 Å². The molecule has 1 aromatic carbocycles. The molecule has 0 heterocycles. The molecule has 0 bridgehead atoms. The number of aliphatic hydroxyl groups is 1. The highest BCUT2D eigenvalue weighted by molar-refractivity contribution is 5.90. The third-order valence-corrected chi connectivity index (χ3v) is 3.33. The molecular formula is C15H24N2O2. The standard InChI is InChI=1S/C15H24N2O2/c1-10(2)13-7-5-6-8-14(13)17-15(19)16-12(4)11(3)9-18/h5-8,10-12,18H,9H2,1-4H3,(H2,16,17,19). The lowest BCUT2D eigenvalue weighted by Gasteiger charge is -2.20. The van der Waals surface area contributed by atoms with E-state index in [9.17, 15) is 4.79 Å². The summed E-state index contributed by atoms with van der Waals surface area (Å²) in [5.41, 5.74) is 1.94. The lowest BCUT2D eigenvalue weighted by Crippen LogP contribution is -2.41. The number of anilines is 1. The van der Waals surface area contributed by atoms with E-state index in [-0.39, 0.29) is 24.6 Å². The largest absolute Gasteiger partial charge is 0.396 e. The number of para-hydroxylation sites is 1. The number of aliphatic hydroxyl groups excluding tert-OH is 1. The first kappa shape index (κ1) is 15.5.